The third-order valence-corrected chi connectivity index (χ3v) is 6.49. The molecule has 1 aromatic carbocycles. The average molecular weight is 435 g/mol. The Balaban J connectivity index is 1.95. The van der Waals surface area contributed by atoms with Crippen LogP contribution in [-0.4, -0.2) is 35.4 Å². The van der Waals surface area contributed by atoms with Crippen molar-refractivity contribution in [2.45, 2.75) is 82.1 Å². The fraction of sp³-hybridized carbons (Fsp3) is 0.600. The molecule has 4 nitrogen and oxygen atoms in total. The highest BCUT2D eigenvalue weighted by atomic mass is 35.5. The molecule has 0 amide bonds. The van der Waals surface area contributed by atoms with Gasteiger partial charge < -0.3 is 9.84 Å². The number of rotatable bonds is 12. The number of carbonyl (C=O) groups is 2. The van der Waals surface area contributed by atoms with E-state index >= 15 is 0 Å². The van der Waals surface area contributed by atoms with Crippen LogP contribution in [0.3, 0.4) is 0 Å². The Morgan fingerprint density at radius 3 is 2.53 bits per heavy atom. The number of aliphatic hydroxyl groups excluding tert-OH is 1. The van der Waals surface area contributed by atoms with Crippen LogP contribution in [0.1, 0.15) is 86.6 Å². The number of methoxy groups -OCH3 is 1. The van der Waals surface area contributed by atoms with Crippen molar-refractivity contribution in [3.05, 3.63) is 47.5 Å². The van der Waals surface area contributed by atoms with Gasteiger partial charge >= 0.3 is 5.97 Å². The molecule has 2 rings (SSSR count). The van der Waals surface area contributed by atoms with Crippen molar-refractivity contribution in [2.75, 3.05) is 7.11 Å². The van der Waals surface area contributed by atoms with Crippen molar-refractivity contribution in [3.63, 3.8) is 0 Å². The van der Waals surface area contributed by atoms with Gasteiger partial charge in [0.2, 0.25) is 0 Å². The molecular formula is C25H35ClO4. The van der Waals surface area contributed by atoms with E-state index in [2.05, 4.69) is 23.8 Å². The highest BCUT2D eigenvalue weighted by Gasteiger charge is 2.41. The van der Waals surface area contributed by atoms with Crippen LogP contribution in [0.25, 0.3) is 0 Å². The number of ketones is 1. The molecule has 1 aliphatic carbocycles. The largest absolute Gasteiger partial charge is 0.469 e. The van der Waals surface area contributed by atoms with Crippen molar-refractivity contribution >= 4 is 23.4 Å². The number of halogens is 1. The maximum Gasteiger partial charge on any atom is 0.305 e. The van der Waals surface area contributed by atoms with Gasteiger partial charge in [0.15, 0.2) is 5.78 Å². The minimum absolute atomic E-state index is 0.0311. The summed E-state index contributed by atoms with van der Waals surface area (Å²) in [6.07, 6.45) is 10.8. The summed E-state index contributed by atoms with van der Waals surface area (Å²) in [4.78, 5) is 23.5. The predicted octanol–water partition coefficient (Wildman–Crippen LogP) is 5.81. The van der Waals surface area contributed by atoms with Gasteiger partial charge in [-0.3, -0.25) is 9.59 Å². The maximum absolute atomic E-state index is 12.3. The summed E-state index contributed by atoms with van der Waals surface area (Å²) in [5.74, 6) is 0.111. The van der Waals surface area contributed by atoms with Crippen molar-refractivity contribution < 1.29 is 19.4 Å². The Kier molecular flexibility index (Phi) is 10.6. The van der Waals surface area contributed by atoms with Gasteiger partial charge in [-0.2, -0.15) is 0 Å². The van der Waals surface area contributed by atoms with Crippen LogP contribution >= 0.6 is 11.6 Å². The lowest BCUT2D eigenvalue weighted by molar-refractivity contribution is -0.140. The minimum Gasteiger partial charge on any atom is -0.469 e. The number of ether oxygens (including phenoxy) is 1. The second kappa shape index (κ2) is 12.9. The smallest absolute Gasteiger partial charge is 0.305 e. The first-order valence-corrected chi connectivity index (χ1v) is 11.6. The summed E-state index contributed by atoms with van der Waals surface area (Å²) >= 11 is 6.56. The van der Waals surface area contributed by atoms with Crippen molar-refractivity contribution in [1.29, 1.82) is 0 Å². The lowest BCUT2D eigenvalue weighted by atomic mass is 9.85. The van der Waals surface area contributed by atoms with Gasteiger partial charge in [0.25, 0.3) is 0 Å². The molecule has 0 bridgehead atoms. The molecule has 0 aliphatic heterocycles. The molecule has 0 saturated heterocycles. The van der Waals surface area contributed by atoms with Gasteiger partial charge in [-0.1, -0.05) is 56.2 Å². The van der Waals surface area contributed by atoms with Crippen LogP contribution in [0.15, 0.2) is 36.4 Å². The summed E-state index contributed by atoms with van der Waals surface area (Å²) in [7, 11) is 1.40. The van der Waals surface area contributed by atoms with Crippen LogP contribution in [-0.2, 0) is 9.53 Å². The quantitative estimate of drug-likeness (QED) is 0.148. The van der Waals surface area contributed by atoms with E-state index in [9.17, 15) is 14.7 Å². The summed E-state index contributed by atoms with van der Waals surface area (Å²) in [6.45, 7) is 2.13. The molecule has 30 heavy (non-hydrogen) atoms. The molecule has 1 fully saturated rings. The van der Waals surface area contributed by atoms with Crippen LogP contribution < -0.4 is 0 Å². The molecule has 5 heteroatoms. The van der Waals surface area contributed by atoms with Gasteiger partial charge in [0, 0.05) is 29.7 Å². The van der Waals surface area contributed by atoms with Crippen LogP contribution in [0.4, 0.5) is 0 Å². The maximum atomic E-state index is 12.3. The van der Waals surface area contributed by atoms with Gasteiger partial charge in [-0.05, 0) is 43.6 Å². The molecule has 1 saturated carbocycles. The van der Waals surface area contributed by atoms with E-state index in [1.54, 1.807) is 0 Å². The van der Waals surface area contributed by atoms with E-state index in [-0.39, 0.29) is 29.0 Å². The molecule has 4 atom stereocenters. The second-order valence-corrected chi connectivity index (χ2v) is 8.75. The minimum atomic E-state index is -0.476. The molecular weight excluding hydrogens is 400 g/mol. The van der Waals surface area contributed by atoms with E-state index in [1.165, 1.54) is 7.11 Å². The molecule has 166 valence electrons. The third-order valence-electron chi connectivity index (χ3n) is 5.99. The van der Waals surface area contributed by atoms with Gasteiger partial charge in [-0.15, -0.1) is 11.6 Å². The molecule has 0 spiro atoms. The number of carbonyl (C=O) groups excluding carboxylic acids is 2. The topological polar surface area (TPSA) is 63.6 Å². The van der Waals surface area contributed by atoms with Gasteiger partial charge in [0.05, 0.1) is 13.2 Å². The lowest BCUT2D eigenvalue weighted by Crippen LogP contribution is -2.18. The zero-order valence-corrected chi connectivity index (χ0v) is 18.9. The number of benzene rings is 1. The molecule has 0 heterocycles. The van der Waals surface area contributed by atoms with E-state index in [4.69, 9.17) is 11.6 Å². The van der Waals surface area contributed by atoms with Crippen LogP contribution in [0, 0.1) is 5.92 Å². The molecule has 1 N–H and O–H groups in total. The number of unbranched alkanes of at least 4 members (excludes halogenated alkanes) is 3. The number of Topliss-reactive ketones (excluding diaryl/α,β-unsaturated/α-hetero) is 1. The van der Waals surface area contributed by atoms with Gasteiger partial charge in [0.1, 0.15) is 0 Å². The highest BCUT2D eigenvalue weighted by Crippen LogP contribution is 2.44. The molecule has 0 radical (unpaired) electrons. The molecule has 0 aromatic heterocycles. The lowest BCUT2D eigenvalue weighted by Gasteiger charge is -2.23. The number of alkyl halides is 1. The summed E-state index contributed by atoms with van der Waals surface area (Å²) < 4.78 is 4.65. The molecule has 1 aliphatic rings. The van der Waals surface area contributed by atoms with Crippen molar-refractivity contribution in [1.82, 2.24) is 0 Å². The Bertz CT molecular complexity index is 698. The highest BCUT2D eigenvalue weighted by molar-refractivity contribution is 6.21. The Morgan fingerprint density at radius 1 is 1.13 bits per heavy atom. The van der Waals surface area contributed by atoms with Gasteiger partial charge in [-0.25, -0.2) is 0 Å². The first-order chi connectivity index (χ1) is 14.5. The van der Waals surface area contributed by atoms with E-state index in [0.717, 1.165) is 49.7 Å². The molecule has 3 unspecified atom stereocenters. The summed E-state index contributed by atoms with van der Waals surface area (Å²) in [6, 6.07) is 7.72. The standard InChI is InChI=1S/C25H35ClO4/c1-3-4-7-11-22(27)18-13-15-19(16-14-18)25-20(21(26)17-23(25)28)10-8-5-6-9-12-24(29)30-2/h5,8,13-16,20-21,23,25,28H,3-4,6-7,9-12,17H2,1-2H3/b8-5-/t20?,21?,23-,25?/m1/s1. The first-order valence-electron chi connectivity index (χ1n) is 11.1. The van der Waals surface area contributed by atoms with Crippen molar-refractivity contribution in [2.24, 2.45) is 5.92 Å². The number of hydrogen-bond acceptors (Lipinski definition) is 4. The number of aliphatic hydroxyl groups is 1. The zero-order chi connectivity index (χ0) is 21.9. The second-order valence-electron chi connectivity index (χ2n) is 8.19. The summed E-state index contributed by atoms with van der Waals surface area (Å²) in [5, 5.41) is 10.5. The number of hydrogen-bond donors (Lipinski definition) is 1. The fourth-order valence-corrected chi connectivity index (χ4v) is 4.68. The average Bonchev–Trinajstić information content (AvgIpc) is 3.03. The Labute approximate surface area is 185 Å². The van der Waals surface area contributed by atoms with Crippen LogP contribution in [0.5, 0.6) is 0 Å². The van der Waals surface area contributed by atoms with Crippen LogP contribution in [0.2, 0.25) is 0 Å². The summed E-state index contributed by atoms with van der Waals surface area (Å²) in [5.41, 5.74) is 1.78. The third kappa shape index (κ3) is 7.24. The van der Waals surface area contributed by atoms with E-state index in [1.807, 2.05) is 24.3 Å². The number of esters is 1. The number of allylic oxidation sites excluding steroid dienone is 2. The molecule has 1 aromatic rings. The zero-order valence-electron chi connectivity index (χ0n) is 18.2. The fourth-order valence-electron chi connectivity index (χ4n) is 4.23. The monoisotopic (exact) mass is 434 g/mol. The Morgan fingerprint density at radius 2 is 1.87 bits per heavy atom. The van der Waals surface area contributed by atoms with Crippen molar-refractivity contribution in [3.8, 4) is 0 Å². The SMILES string of the molecule is CCCCCC(=O)c1ccc(C2C(C/C=C\CCCC(=O)OC)C(Cl)C[C@H]2O)cc1. The predicted molar refractivity (Wildman–Crippen MR) is 121 cm³/mol. The van der Waals surface area contributed by atoms with E-state index in [0.29, 0.717) is 19.3 Å². The normalized spacial score (nSPS) is 23.7. The first kappa shape index (κ1) is 24.6. The Hall–Kier alpha value is -1.65. The van der Waals surface area contributed by atoms with E-state index < -0.39 is 6.10 Å².